The summed E-state index contributed by atoms with van der Waals surface area (Å²) in [7, 11) is 0. The van der Waals surface area contributed by atoms with E-state index in [0.29, 0.717) is 11.4 Å². The lowest BCUT2D eigenvalue weighted by Gasteiger charge is -2.12. The van der Waals surface area contributed by atoms with Crippen molar-refractivity contribution in [3.8, 4) is 22.5 Å². The summed E-state index contributed by atoms with van der Waals surface area (Å²) < 4.78 is 4.67. The van der Waals surface area contributed by atoms with Crippen LogP contribution in [0.1, 0.15) is 0 Å². The van der Waals surface area contributed by atoms with Crippen molar-refractivity contribution in [3.05, 3.63) is 156 Å². The average Bonchev–Trinajstić information content (AvgIpc) is 3.57. The molecule has 8 aromatic rings. The zero-order chi connectivity index (χ0) is 28.2. The number of aromatic nitrogens is 2. The predicted molar refractivity (Wildman–Crippen MR) is 173 cm³/mol. The van der Waals surface area contributed by atoms with Crippen LogP contribution in [0.3, 0.4) is 0 Å². The minimum absolute atomic E-state index is 0.641. The number of fused-ring (bicyclic) bond motifs is 6. The van der Waals surface area contributed by atoms with Crippen LogP contribution in [0.5, 0.6) is 0 Å². The van der Waals surface area contributed by atoms with Gasteiger partial charge in [0.05, 0.1) is 40.9 Å². The van der Waals surface area contributed by atoms with Crippen molar-refractivity contribution in [1.82, 2.24) is 9.13 Å². The monoisotopic (exact) mass is 534 g/mol. The van der Waals surface area contributed by atoms with Gasteiger partial charge in [-0.05, 0) is 71.1 Å². The van der Waals surface area contributed by atoms with E-state index in [9.17, 15) is 0 Å². The van der Waals surface area contributed by atoms with Crippen molar-refractivity contribution in [3.63, 3.8) is 0 Å². The van der Waals surface area contributed by atoms with Crippen molar-refractivity contribution in [2.75, 3.05) is 0 Å². The molecule has 4 nitrogen and oxygen atoms in total. The highest BCUT2D eigenvalue weighted by atomic mass is 15.0. The second-order valence-electron chi connectivity index (χ2n) is 10.4. The predicted octanol–water partition coefficient (Wildman–Crippen LogP) is 10.6. The molecule has 2 heterocycles. The van der Waals surface area contributed by atoms with Crippen LogP contribution in [-0.2, 0) is 0 Å². The lowest BCUT2D eigenvalue weighted by atomic mass is 10.0. The minimum atomic E-state index is 0.641. The third-order valence-corrected chi connectivity index (χ3v) is 8.14. The SMILES string of the molecule is [C-]#[N+]c1cccc(-c2ccc(-n3c4ccccc4c4c(-n5c6ccccc6c6cc([N+]#[C-])ccc65)cccc43)cc2)c1. The van der Waals surface area contributed by atoms with Crippen molar-refractivity contribution in [2.24, 2.45) is 0 Å². The molecule has 0 bridgehead atoms. The number of nitrogens with zero attached hydrogens (tertiary/aromatic N) is 4. The van der Waals surface area contributed by atoms with Gasteiger partial charge >= 0.3 is 0 Å². The number of rotatable bonds is 3. The van der Waals surface area contributed by atoms with Crippen LogP contribution in [0, 0.1) is 13.1 Å². The molecule has 4 heteroatoms. The number of benzene rings is 6. The molecule has 6 aromatic carbocycles. The third kappa shape index (κ3) is 3.47. The first-order chi connectivity index (χ1) is 20.7. The molecule has 194 valence electrons. The van der Waals surface area contributed by atoms with Crippen LogP contribution in [0.25, 0.3) is 75.8 Å². The summed E-state index contributed by atoms with van der Waals surface area (Å²) in [5.74, 6) is 0. The normalized spacial score (nSPS) is 11.3. The Morgan fingerprint density at radius 2 is 1.07 bits per heavy atom. The Morgan fingerprint density at radius 3 is 1.86 bits per heavy atom. The van der Waals surface area contributed by atoms with Crippen LogP contribution in [0.15, 0.2) is 133 Å². The highest BCUT2D eigenvalue weighted by Crippen LogP contribution is 2.40. The number of hydrogen-bond donors (Lipinski definition) is 0. The van der Waals surface area contributed by atoms with Gasteiger partial charge < -0.3 is 9.13 Å². The quantitative estimate of drug-likeness (QED) is 0.201. The van der Waals surface area contributed by atoms with Crippen LogP contribution >= 0.6 is 0 Å². The molecule has 0 unspecified atom stereocenters. The Balaban J connectivity index is 1.39. The number of para-hydroxylation sites is 2. The van der Waals surface area contributed by atoms with Gasteiger partial charge in [0.15, 0.2) is 11.4 Å². The largest absolute Gasteiger partial charge is 0.309 e. The highest BCUT2D eigenvalue weighted by Gasteiger charge is 2.19. The summed E-state index contributed by atoms with van der Waals surface area (Å²) in [6.07, 6.45) is 0. The summed E-state index contributed by atoms with van der Waals surface area (Å²) in [5, 5.41) is 4.58. The zero-order valence-electron chi connectivity index (χ0n) is 22.5. The van der Waals surface area contributed by atoms with E-state index < -0.39 is 0 Å². The van der Waals surface area contributed by atoms with Crippen molar-refractivity contribution >= 4 is 55.0 Å². The van der Waals surface area contributed by atoms with E-state index in [2.05, 4.69) is 116 Å². The lowest BCUT2D eigenvalue weighted by molar-refractivity contribution is 1.17. The smallest absolute Gasteiger partial charge is 0.188 e. The van der Waals surface area contributed by atoms with E-state index in [4.69, 9.17) is 13.1 Å². The standard InChI is InChI=1S/C38H22N4/c1-39-27-10-7-9-26(23-27)25-17-20-29(21-18-25)41-34-14-6-4-12-31(34)38-36(41)15-8-16-37(38)42-33-13-5-3-11-30(33)32-24-28(40-2)19-22-35(32)42/h3-24H. The van der Waals surface area contributed by atoms with Crippen LogP contribution in [0.2, 0.25) is 0 Å². The van der Waals surface area contributed by atoms with Crippen molar-refractivity contribution in [1.29, 1.82) is 0 Å². The zero-order valence-corrected chi connectivity index (χ0v) is 22.5. The van der Waals surface area contributed by atoms with Gasteiger partial charge in [-0.3, -0.25) is 0 Å². The molecule has 0 saturated heterocycles. The summed E-state index contributed by atoms with van der Waals surface area (Å²) >= 11 is 0. The van der Waals surface area contributed by atoms with Gasteiger partial charge in [0, 0.05) is 21.8 Å². The molecule has 0 amide bonds. The van der Waals surface area contributed by atoms with Gasteiger partial charge in [0.2, 0.25) is 0 Å². The van der Waals surface area contributed by atoms with Gasteiger partial charge in [0.25, 0.3) is 0 Å². The fraction of sp³-hybridized carbons (Fsp3) is 0. The minimum Gasteiger partial charge on any atom is -0.309 e. The molecule has 42 heavy (non-hydrogen) atoms. The van der Waals surface area contributed by atoms with Crippen molar-refractivity contribution in [2.45, 2.75) is 0 Å². The molecule has 0 spiro atoms. The van der Waals surface area contributed by atoms with E-state index in [1.165, 1.54) is 10.8 Å². The van der Waals surface area contributed by atoms with E-state index in [1.54, 1.807) is 0 Å². The maximum atomic E-state index is 7.56. The summed E-state index contributed by atoms with van der Waals surface area (Å²) in [6, 6.07) is 45.8. The molecule has 0 aliphatic heterocycles. The van der Waals surface area contributed by atoms with Crippen molar-refractivity contribution < 1.29 is 0 Å². The number of hydrogen-bond acceptors (Lipinski definition) is 0. The van der Waals surface area contributed by atoms with Crippen LogP contribution < -0.4 is 0 Å². The molecule has 0 aliphatic carbocycles. The molecular formula is C38H22N4. The van der Waals surface area contributed by atoms with Gasteiger partial charge in [-0.25, -0.2) is 9.69 Å². The molecule has 0 atom stereocenters. The van der Waals surface area contributed by atoms with Crippen LogP contribution in [0.4, 0.5) is 11.4 Å². The summed E-state index contributed by atoms with van der Waals surface area (Å²) in [6.45, 7) is 14.9. The van der Waals surface area contributed by atoms with Gasteiger partial charge in [0.1, 0.15) is 0 Å². The Bertz CT molecular complexity index is 2430. The van der Waals surface area contributed by atoms with Gasteiger partial charge in [-0.2, -0.15) is 0 Å². The highest BCUT2D eigenvalue weighted by molar-refractivity contribution is 6.16. The molecule has 0 saturated carbocycles. The lowest BCUT2D eigenvalue weighted by Crippen LogP contribution is -1.96. The Kier molecular flexibility index (Phi) is 5.22. The molecule has 0 radical (unpaired) electrons. The van der Waals surface area contributed by atoms with Gasteiger partial charge in [-0.1, -0.05) is 78.9 Å². The first-order valence-corrected chi connectivity index (χ1v) is 13.8. The fourth-order valence-corrected chi connectivity index (χ4v) is 6.31. The second kappa shape index (κ2) is 9.24. The summed E-state index contributed by atoms with van der Waals surface area (Å²) in [5.41, 5.74) is 10.0. The Labute approximate surface area is 242 Å². The second-order valence-corrected chi connectivity index (χ2v) is 10.4. The van der Waals surface area contributed by atoms with E-state index in [-0.39, 0.29) is 0 Å². The first kappa shape index (κ1) is 23.8. The maximum Gasteiger partial charge on any atom is 0.188 e. The molecule has 0 fully saturated rings. The first-order valence-electron chi connectivity index (χ1n) is 13.8. The fourth-order valence-electron chi connectivity index (χ4n) is 6.31. The molecule has 2 aromatic heterocycles. The summed E-state index contributed by atoms with van der Waals surface area (Å²) in [4.78, 5) is 7.29. The third-order valence-electron chi connectivity index (χ3n) is 8.14. The maximum absolute atomic E-state index is 7.56. The van der Waals surface area contributed by atoms with Crippen LogP contribution in [-0.4, -0.2) is 9.13 Å². The molecule has 8 rings (SSSR count). The van der Waals surface area contributed by atoms with E-state index in [0.717, 1.165) is 55.3 Å². The topological polar surface area (TPSA) is 18.6 Å². The average molecular weight is 535 g/mol. The Morgan fingerprint density at radius 1 is 0.429 bits per heavy atom. The van der Waals surface area contributed by atoms with E-state index in [1.807, 2.05) is 36.4 Å². The van der Waals surface area contributed by atoms with Gasteiger partial charge in [-0.15, -0.1) is 0 Å². The van der Waals surface area contributed by atoms with E-state index >= 15 is 0 Å². The molecule has 0 N–H and O–H groups in total. The molecule has 0 aliphatic rings. The Hall–Kier alpha value is -6.10. The molecular weight excluding hydrogens is 512 g/mol.